The molecule has 0 saturated heterocycles. The van der Waals surface area contributed by atoms with Crippen LogP contribution in [0.1, 0.15) is 37.7 Å². The number of rotatable bonds is 6. The number of aryl methyl sites for hydroxylation is 1. The van der Waals surface area contributed by atoms with Crippen molar-refractivity contribution in [2.24, 2.45) is 0 Å². The zero-order chi connectivity index (χ0) is 21.3. The van der Waals surface area contributed by atoms with Gasteiger partial charge in [0.2, 0.25) is 0 Å². The van der Waals surface area contributed by atoms with E-state index in [1.807, 2.05) is 63.2 Å². The normalized spacial score (nSPS) is 15.2. The molecule has 0 saturated carbocycles. The number of aromatic nitrogens is 4. The van der Waals surface area contributed by atoms with Crippen molar-refractivity contribution in [3.8, 4) is 17.2 Å². The number of carbonyl (C=O) groups excluding carboxylic acids is 1. The zero-order valence-corrected chi connectivity index (χ0v) is 17.5. The Morgan fingerprint density at radius 1 is 1.27 bits per heavy atom. The van der Waals surface area contributed by atoms with Crippen molar-refractivity contribution in [1.82, 2.24) is 25.5 Å². The molecule has 8 nitrogen and oxygen atoms in total. The average Bonchev–Trinajstić information content (AvgIpc) is 3.29. The van der Waals surface area contributed by atoms with Crippen LogP contribution in [-0.4, -0.2) is 37.8 Å². The van der Waals surface area contributed by atoms with Crippen molar-refractivity contribution < 1.29 is 14.3 Å². The third-order valence-corrected chi connectivity index (χ3v) is 4.96. The maximum absolute atomic E-state index is 12.6. The highest BCUT2D eigenvalue weighted by Crippen LogP contribution is 2.42. The van der Waals surface area contributed by atoms with Crippen LogP contribution in [0.25, 0.3) is 5.69 Å². The van der Waals surface area contributed by atoms with Crippen LogP contribution < -0.4 is 14.8 Å². The van der Waals surface area contributed by atoms with Crippen LogP contribution in [-0.2, 0) is 17.8 Å². The van der Waals surface area contributed by atoms with Crippen LogP contribution in [0.4, 0.5) is 0 Å². The van der Waals surface area contributed by atoms with Gasteiger partial charge in [-0.25, -0.2) is 0 Å². The molecule has 30 heavy (non-hydrogen) atoms. The molecule has 1 atom stereocenters. The molecule has 0 radical (unpaired) electrons. The van der Waals surface area contributed by atoms with E-state index < -0.39 is 6.10 Å². The molecule has 8 heteroatoms. The van der Waals surface area contributed by atoms with E-state index in [4.69, 9.17) is 9.47 Å². The summed E-state index contributed by atoms with van der Waals surface area (Å²) in [6, 6.07) is 13.6. The summed E-state index contributed by atoms with van der Waals surface area (Å²) >= 11 is 0. The molecule has 156 valence electrons. The van der Waals surface area contributed by atoms with Crippen LogP contribution in [0.5, 0.6) is 11.5 Å². The van der Waals surface area contributed by atoms with Gasteiger partial charge in [0.1, 0.15) is 5.60 Å². The standard InChI is InChI=1S/C22H25N5O3/c1-14-8-10-17(11-9-14)27-19(24-25-26-27)13-23-21(28)15(2)29-18-7-5-6-16-12-22(3,4)30-20(16)18/h5-11,15H,12-13H2,1-4H3,(H,23,28). The van der Waals surface area contributed by atoms with Gasteiger partial charge >= 0.3 is 0 Å². The van der Waals surface area contributed by atoms with Gasteiger partial charge in [-0.05, 0) is 56.3 Å². The van der Waals surface area contributed by atoms with Crippen LogP contribution in [0, 0.1) is 6.92 Å². The molecule has 1 aromatic heterocycles. The molecule has 0 spiro atoms. The monoisotopic (exact) mass is 407 g/mol. The lowest BCUT2D eigenvalue weighted by Gasteiger charge is -2.20. The number of tetrazole rings is 1. The Bertz CT molecular complexity index is 1060. The highest BCUT2D eigenvalue weighted by Gasteiger charge is 2.33. The summed E-state index contributed by atoms with van der Waals surface area (Å²) in [6.45, 7) is 7.97. The molecule has 1 aliphatic heterocycles. The summed E-state index contributed by atoms with van der Waals surface area (Å²) in [7, 11) is 0. The first-order valence-electron chi connectivity index (χ1n) is 9.92. The van der Waals surface area contributed by atoms with E-state index in [-0.39, 0.29) is 18.1 Å². The van der Waals surface area contributed by atoms with Crippen molar-refractivity contribution in [3.63, 3.8) is 0 Å². The fourth-order valence-corrected chi connectivity index (χ4v) is 3.44. The number of ether oxygens (including phenoxy) is 2. The van der Waals surface area contributed by atoms with Crippen LogP contribution in [0.2, 0.25) is 0 Å². The van der Waals surface area contributed by atoms with Crippen LogP contribution in [0.15, 0.2) is 42.5 Å². The van der Waals surface area contributed by atoms with Gasteiger partial charge in [-0.15, -0.1) is 5.10 Å². The number of carbonyl (C=O) groups is 1. The molecule has 4 rings (SSSR count). The SMILES string of the molecule is Cc1ccc(-n2nnnc2CNC(=O)C(C)Oc2cccc3c2OC(C)(C)C3)cc1. The fourth-order valence-electron chi connectivity index (χ4n) is 3.44. The predicted octanol–water partition coefficient (Wildman–Crippen LogP) is 2.77. The van der Waals surface area contributed by atoms with Crippen molar-refractivity contribution >= 4 is 5.91 Å². The van der Waals surface area contributed by atoms with Gasteiger partial charge in [0.05, 0.1) is 12.2 Å². The Balaban J connectivity index is 1.40. The lowest BCUT2D eigenvalue weighted by Crippen LogP contribution is -2.36. The Morgan fingerprint density at radius 2 is 2.03 bits per heavy atom. The number of hydrogen-bond acceptors (Lipinski definition) is 6. The van der Waals surface area contributed by atoms with Crippen molar-refractivity contribution in [2.75, 3.05) is 0 Å². The van der Waals surface area contributed by atoms with Crippen molar-refractivity contribution in [3.05, 3.63) is 59.4 Å². The van der Waals surface area contributed by atoms with Gasteiger partial charge in [-0.3, -0.25) is 4.79 Å². The molecule has 1 amide bonds. The van der Waals surface area contributed by atoms with Gasteiger partial charge in [0.15, 0.2) is 23.4 Å². The van der Waals surface area contributed by atoms with Gasteiger partial charge in [0, 0.05) is 12.0 Å². The van der Waals surface area contributed by atoms with E-state index in [9.17, 15) is 4.79 Å². The smallest absolute Gasteiger partial charge is 0.261 e. The van der Waals surface area contributed by atoms with E-state index in [1.165, 1.54) is 0 Å². The predicted molar refractivity (Wildman–Crippen MR) is 111 cm³/mol. The number of amides is 1. The van der Waals surface area contributed by atoms with Crippen molar-refractivity contribution in [2.45, 2.75) is 52.4 Å². The minimum atomic E-state index is -0.701. The Labute approximate surface area is 175 Å². The highest BCUT2D eigenvalue weighted by molar-refractivity contribution is 5.80. The van der Waals surface area contributed by atoms with Gasteiger partial charge in [-0.2, -0.15) is 4.68 Å². The van der Waals surface area contributed by atoms with Gasteiger partial charge in [0.25, 0.3) is 5.91 Å². The number of para-hydroxylation sites is 1. The molecule has 0 fully saturated rings. The first-order chi connectivity index (χ1) is 14.3. The van der Waals surface area contributed by atoms with E-state index in [2.05, 4.69) is 20.8 Å². The number of benzene rings is 2. The molecule has 0 bridgehead atoms. The summed E-state index contributed by atoms with van der Waals surface area (Å²) in [4.78, 5) is 12.6. The molecular formula is C22H25N5O3. The minimum absolute atomic E-state index is 0.184. The van der Waals surface area contributed by atoms with E-state index in [0.29, 0.717) is 17.3 Å². The quantitative estimate of drug-likeness (QED) is 0.676. The van der Waals surface area contributed by atoms with E-state index in [1.54, 1.807) is 11.6 Å². The molecule has 3 aromatic rings. The first kappa shape index (κ1) is 19.9. The second-order valence-electron chi connectivity index (χ2n) is 8.10. The topological polar surface area (TPSA) is 91.2 Å². The maximum atomic E-state index is 12.6. The van der Waals surface area contributed by atoms with Crippen LogP contribution in [0.3, 0.4) is 0 Å². The second kappa shape index (κ2) is 7.78. The van der Waals surface area contributed by atoms with Gasteiger partial charge in [-0.1, -0.05) is 29.8 Å². The average molecular weight is 407 g/mol. The molecule has 1 aliphatic rings. The molecule has 0 aliphatic carbocycles. The fraction of sp³-hybridized carbons (Fsp3) is 0.364. The number of hydrogen-bond donors (Lipinski definition) is 1. The summed E-state index contributed by atoms with van der Waals surface area (Å²) in [5.74, 6) is 1.56. The number of fused-ring (bicyclic) bond motifs is 1. The zero-order valence-electron chi connectivity index (χ0n) is 17.5. The third kappa shape index (κ3) is 4.12. The Hall–Kier alpha value is -3.42. The lowest BCUT2D eigenvalue weighted by molar-refractivity contribution is -0.127. The number of nitrogens with zero attached hydrogens (tertiary/aromatic N) is 4. The lowest BCUT2D eigenvalue weighted by atomic mass is 10.0. The molecule has 1 N–H and O–H groups in total. The molecule has 2 aromatic carbocycles. The maximum Gasteiger partial charge on any atom is 0.261 e. The van der Waals surface area contributed by atoms with E-state index >= 15 is 0 Å². The Morgan fingerprint density at radius 3 is 2.80 bits per heavy atom. The number of nitrogens with one attached hydrogen (secondary N) is 1. The Kier molecular flexibility index (Phi) is 5.15. The summed E-state index contributed by atoms with van der Waals surface area (Å²) in [5.41, 5.74) is 2.79. The van der Waals surface area contributed by atoms with E-state index in [0.717, 1.165) is 23.2 Å². The van der Waals surface area contributed by atoms with Crippen molar-refractivity contribution in [1.29, 1.82) is 0 Å². The van der Waals surface area contributed by atoms with Gasteiger partial charge < -0.3 is 14.8 Å². The van der Waals surface area contributed by atoms with Crippen LogP contribution >= 0.6 is 0 Å². The largest absolute Gasteiger partial charge is 0.483 e. The molecule has 1 unspecified atom stereocenters. The summed E-state index contributed by atoms with van der Waals surface area (Å²) in [6.07, 6.45) is 0.106. The second-order valence-corrected chi connectivity index (χ2v) is 8.10. The summed E-state index contributed by atoms with van der Waals surface area (Å²) < 4.78 is 13.5. The minimum Gasteiger partial charge on any atom is -0.483 e. The highest BCUT2D eigenvalue weighted by atomic mass is 16.5. The molecular weight excluding hydrogens is 382 g/mol. The summed E-state index contributed by atoms with van der Waals surface area (Å²) in [5, 5.41) is 14.6. The molecule has 2 heterocycles. The first-order valence-corrected chi connectivity index (χ1v) is 9.92. The third-order valence-electron chi connectivity index (χ3n) is 4.96.